The normalized spacial score (nSPS) is 12.6. The van der Waals surface area contributed by atoms with Crippen LogP contribution >= 0.6 is 0 Å². The highest BCUT2D eigenvalue weighted by atomic mass is 16.5. The summed E-state index contributed by atoms with van der Waals surface area (Å²) in [4.78, 5) is 4.86. The summed E-state index contributed by atoms with van der Waals surface area (Å²) in [5, 5.41) is 10.1. The first-order valence-electron chi connectivity index (χ1n) is 19.9. The topological polar surface area (TPSA) is 39.5 Å². The van der Waals surface area contributed by atoms with Crippen molar-refractivity contribution < 1.29 is 4.74 Å². The molecule has 8 aromatic rings. The van der Waals surface area contributed by atoms with Crippen LogP contribution in [0.15, 0.2) is 188 Å². The van der Waals surface area contributed by atoms with Gasteiger partial charge in [-0.25, -0.2) is 0 Å². The van der Waals surface area contributed by atoms with Crippen molar-refractivity contribution in [2.45, 2.75) is 26.2 Å². The van der Waals surface area contributed by atoms with E-state index in [0.717, 1.165) is 56.8 Å². The van der Waals surface area contributed by atoms with Crippen molar-refractivity contribution in [3.05, 3.63) is 199 Å². The number of anilines is 6. The smallest absolute Gasteiger partial charge is 0.252 e. The molecule has 0 unspecified atom stereocenters. The summed E-state index contributed by atoms with van der Waals surface area (Å²) in [6.07, 6.45) is 0. The van der Waals surface area contributed by atoms with Gasteiger partial charge in [0.1, 0.15) is 11.5 Å². The molecule has 0 aliphatic carbocycles. The molecular weight excluding hydrogens is 705 g/mol. The lowest BCUT2D eigenvalue weighted by Crippen LogP contribution is -2.61. The maximum absolute atomic E-state index is 10.1. The van der Waals surface area contributed by atoms with E-state index in [1.165, 1.54) is 33.1 Å². The van der Waals surface area contributed by atoms with Crippen LogP contribution in [0, 0.1) is 11.3 Å². The summed E-state index contributed by atoms with van der Waals surface area (Å²) in [6.45, 7) is 6.81. The van der Waals surface area contributed by atoms with Crippen LogP contribution in [0.4, 0.5) is 34.1 Å². The third-order valence-electron chi connectivity index (χ3n) is 11.5. The van der Waals surface area contributed by atoms with Crippen LogP contribution < -0.4 is 30.9 Å². The Morgan fingerprint density at radius 3 is 1.84 bits per heavy atom. The number of hydrogen-bond acceptors (Lipinski definition) is 4. The third-order valence-corrected chi connectivity index (χ3v) is 11.5. The summed E-state index contributed by atoms with van der Waals surface area (Å²) in [7, 11) is 0. The number of nitrogens with zero attached hydrogens (tertiary/aromatic N) is 3. The number of fused-ring (bicyclic) bond motifs is 4. The Bertz CT molecular complexity index is 2880. The standard InChI is InChI=1S/C53H40BN3O/c1-53(2,3)40-31-39(37-16-7-4-8-17-37)32-41(33-40)56-49-24-15-25-50-52(49)54(46-28-27-43(34-51(46)56)58-42-20-11-6-12-21-42)45-22-13-14-23-48(45)57(50)47-29-26-36(35-55)30-44(47)38-18-9-5-10-19-38/h4-34H,1-3H3. The molecule has 0 bridgehead atoms. The molecule has 0 atom stereocenters. The second-order valence-corrected chi connectivity index (χ2v) is 16.1. The van der Waals surface area contributed by atoms with E-state index in [0.29, 0.717) is 5.56 Å². The lowest BCUT2D eigenvalue weighted by atomic mass is 9.33. The van der Waals surface area contributed by atoms with E-state index in [1.54, 1.807) is 0 Å². The Labute approximate surface area is 340 Å². The molecule has 5 heteroatoms. The molecule has 58 heavy (non-hydrogen) atoms. The van der Waals surface area contributed by atoms with Gasteiger partial charge in [-0.2, -0.15) is 5.26 Å². The van der Waals surface area contributed by atoms with Gasteiger partial charge >= 0.3 is 0 Å². The molecule has 276 valence electrons. The van der Waals surface area contributed by atoms with E-state index >= 15 is 0 Å². The van der Waals surface area contributed by atoms with Gasteiger partial charge in [0, 0.05) is 40.1 Å². The Hall–Kier alpha value is -7.29. The van der Waals surface area contributed by atoms with Crippen LogP contribution in [0.3, 0.4) is 0 Å². The fraction of sp³-hybridized carbons (Fsp3) is 0.0755. The zero-order valence-corrected chi connectivity index (χ0v) is 32.7. The lowest BCUT2D eigenvalue weighted by Gasteiger charge is -2.44. The van der Waals surface area contributed by atoms with Gasteiger partial charge in [-0.3, -0.25) is 0 Å². The number of nitriles is 1. The monoisotopic (exact) mass is 745 g/mol. The van der Waals surface area contributed by atoms with Crippen molar-refractivity contribution in [3.8, 4) is 39.8 Å². The summed E-state index contributed by atoms with van der Waals surface area (Å²) in [5.41, 5.74) is 16.4. The van der Waals surface area contributed by atoms with Gasteiger partial charge in [0.2, 0.25) is 0 Å². The van der Waals surface area contributed by atoms with Gasteiger partial charge in [0.25, 0.3) is 6.71 Å². The van der Waals surface area contributed by atoms with Gasteiger partial charge in [-0.05, 0) is 111 Å². The molecule has 0 fully saturated rings. The zero-order valence-electron chi connectivity index (χ0n) is 32.7. The van der Waals surface area contributed by atoms with Crippen molar-refractivity contribution in [1.29, 1.82) is 5.26 Å². The van der Waals surface area contributed by atoms with Crippen molar-refractivity contribution >= 4 is 57.2 Å². The average Bonchev–Trinajstić information content (AvgIpc) is 3.26. The maximum atomic E-state index is 10.1. The van der Waals surface area contributed by atoms with Crippen molar-refractivity contribution in [2.24, 2.45) is 0 Å². The summed E-state index contributed by atoms with van der Waals surface area (Å²) in [5.74, 6) is 1.57. The largest absolute Gasteiger partial charge is 0.457 e. The van der Waals surface area contributed by atoms with Gasteiger partial charge in [-0.1, -0.05) is 136 Å². The first-order chi connectivity index (χ1) is 28.4. The van der Waals surface area contributed by atoms with Gasteiger partial charge in [0.05, 0.1) is 17.3 Å². The Morgan fingerprint density at radius 1 is 0.483 bits per heavy atom. The molecular formula is C53H40BN3O. The quantitative estimate of drug-likeness (QED) is 0.159. The molecule has 2 aliphatic heterocycles. The maximum Gasteiger partial charge on any atom is 0.252 e. The van der Waals surface area contributed by atoms with E-state index in [9.17, 15) is 5.26 Å². The SMILES string of the molecule is CC(C)(C)c1cc(-c2ccccc2)cc(N2c3cc(Oc4ccccc4)ccc3B3c4ccccc4N(c4ccc(C#N)cc4-c4ccccc4)c4cccc2c43)c1. The number of benzene rings is 8. The van der Waals surface area contributed by atoms with Crippen LogP contribution in [0.2, 0.25) is 0 Å². The first-order valence-corrected chi connectivity index (χ1v) is 19.9. The molecule has 2 aliphatic rings. The van der Waals surface area contributed by atoms with Gasteiger partial charge in [-0.15, -0.1) is 0 Å². The molecule has 0 saturated carbocycles. The zero-order chi connectivity index (χ0) is 39.4. The van der Waals surface area contributed by atoms with Crippen LogP contribution in [-0.2, 0) is 5.41 Å². The molecule has 10 rings (SSSR count). The van der Waals surface area contributed by atoms with Gasteiger partial charge < -0.3 is 14.5 Å². The molecule has 4 nitrogen and oxygen atoms in total. The van der Waals surface area contributed by atoms with E-state index in [4.69, 9.17) is 4.74 Å². The number of hydrogen-bond donors (Lipinski definition) is 0. The highest BCUT2D eigenvalue weighted by Crippen LogP contribution is 2.48. The number of para-hydroxylation sites is 2. The van der Waals surface area contributed by atoms with E-state index in [2.05, 4.69) is 176 Å². The van der Waals surface area contributed by atoms with E-state index in [1.807, 2.05) is 48.5 Å². The van der Waals surface area contributed by atoms with Crippen molar-refractivity contribution in [1.82, 2.24) is 0 Å². The number of rotatable bonds is 6. The molecule has 0 N–H and O–H groups in total. The van der Waals surface area contributed by atoms with Crippen LogP contribution in [-0.4, -0.2) is 6.71 Å². The predicted molar refractivity (Wildman–Crippen MR) is 241 cm³/mol. The van der Waals surface area contributed by atoms with Crippen molar-refractivity contribution in [2.75, 3.05) is 9.80 Å². The second kappa shape index (κ2) is 14.0. The molecule has 8 aromatic carbocycles. The molecule has 0 amide bonds. The van der Waals surface area contributed by atoms with Crippen LogP contribution in [0.1, 0.15) is 31.9 Å². The number of ether oxygens (including phenoxy) is 1. The molecule has 0 radical (unpaired) electrons. The molecule has 2 heterocycles. The summed E-state index contributed by atoms with van der Waals surface area (Å²) < 4.78 is 6.55. The van der Waals surface area contributed by atoms with Crippen LogP contribution in [0.25, 0.3) is 22.3 Å². The first kappa shape index (κ1) is 35.2. The van der Waals surface area contributed by atoms with E-state index in [-0.39, 0.29) is 12.1 Å². The van der Waals surface area contributed by atoms with Crippen LogP contribution in [0.5, 0.6) is 11.5 Å². The molecule has 0 aromatic heterocycles. The fourth-order valence-corrected chi connectivity index (χ4v) is 8.71. The second-order valence-electron chi connectivity index (χ2n) is 16.1. The third kappa shape index (κ3) is 6.02. The van der Waals surface area contributed by atoms with E-state index < -0.39 is 0 Å². The minimum Gasteiger partial charge on any atom is -0.457 e. The summed E-state index contributed by atoms with van der Waals surface area (Å²) >= 11 is 0. The fourth-order valence-electron chi connectivity index (χ4n) is 8.71. The minimum atomic E-state index is -0.103. The Morgan fingerprint density at radius 2 is 1.12 bits per heavy atom. The van der Waals surface area contributed by atoms with Crippen molar-refractivity contribution in [3.63, 3.8) is 0 Å². The Kier molecular flexibility index (Phi) is 8.50. The van der Waals surface area contributed by atoms with Gasteiger partial charge in [0.15, 0.2) is 0 Å². The highest BCUT2D eigenvalue weighted by molar-refractivity contribution is 7.00. The minimum absolute atomic E-state index is 0.0476. The molecule has 0 spiro atoms. The lowest BCUT2D eigenvalue weighted by molar-refractivity contribution is 0.483. The summed E-state index contributed by atoms with van der Waals surface area (Å²) in [6, 6.07) is 68.7. The predicted octanol–water partition coefficient (Wildman–Crippen LogP) is 12.1. The Balaban J connectivity index is 1.26. The highest BCUT2D eigenvalue weighted by Gasteiger charge is 2.43. The average molecular weight is 746 g/mol. The molecule has 0 saturated heterocycles.